The minimum absolute atomic E-state index is 0.0284. The van der Waals surface area contributed by atoms with Gasteiger partial charge >= 0.3 is 0 Å². The number of anilines is 1. The standard InChI is InChI=1S/C15H14BrCl2N3O/c16-11-3-1-10(2-4-11)7-14(22)19-5-6-20-15-13(18)8-12(17)9-21-15/h1-4,8-9H,5-7H2,(H,19,22)(H,20,21). The molecule has 4 nitrogen and oxygen atoms in total. The van der Waals surface area contributed by atoms with Crippen molar-refractivity contribution in [2.24, 2.45) is 0 Å². The Morgan fingerprint density at radius 3 is 2.59 bits per heavy atom. The first-order valence-electron chi connectivity index (χ1n) is 6.60. The number of nitrogens with zero attached hydrogens (tertiary/aromatic N) is 1. The van der Waals surface area contributed by atoms with Crippen molar-refractivity contribution >= 4 is 50.9 Å². The number of aromatic nitrogens is 1. The Hall–Kier alpha value is -1.30. The van der Waals surface area contributed by atoms with Crippen LogP contribution in [-0.4, -0.2) is 24.0 Å². The van der Waals surface area contributed by atoms with E-state index in [1.54, 1.807) is 6.07 Å². The molecule has 0 saturated carbocycles. The minimum Gasteiger partial charge on any atom is -0.367 e. The molecule has 0 bridgehead atoms. The van der Waals surface area contributed by atoms with Crippen molar-refractivity contribution in [2.45, 2.75) is 6.42 Å². The second-order valence-corrected chi connectivity index (χ2v) is 6.32. The number of carbonyl (C=O) groups is 1. The van der Waals surface area contributed by atoms with E-state index in [0.29, 0.717) is 35.4 Å². The van der Waals surface area contributed by atoms with Crippen molar-refractivity contribution in [1.29, 1.82) is 0 Å². The molecule has 0 radical (unpaired) electrons. The van der Waals surface area contributed by atoms with Crippen LogP contribution in [0.15, 0.2) is 41.0 Å². The fraction of sp³-hybridized carbons (Fsp3) is 0.200. The van der Waals surface area contributed by atoms with Gasteiger partial charge in [0.1, 0.15) is 5.82 Å². The Morgan fingerprint density at radius 1 is 1.18 bits per heavy atom. The lowest BCUT2D eigenvalue weighted by molar-refractivity contribution is -0.120. The van der Waals surface area contributed by atoms with Gasteiger partial charge in [0, 0.05) is 23.8 Å². The summed E-state index contributed by atoms with van der Waals surface area (Å²) in [7, 11) is 0. The normalized spacial score (nSPS) is 10.3. The number of carbonyl (C=O) groups excluding carboxylic acids is 1. The summed E-state index contributed by atoms with van der Waals surface area (Å²) in [5.41, 5.74) is 0.969. The molecule has 1 heterocycles. The minimum atomic E-state index is -0.0284. The second kappa shape index (κ2) is 8.36. The predicted octanol–water partition coefficient (Wildman–Crippen LogP) is 3.92. The summed E-state index contributed by atoms with van der Waals surface area (Å²) in [6.45, 7) is 1.01. The first-order chi connectivity index (χ1) is 10.5. The topological polar surface area (TPSA) is 54.0 Å². The summed E-state index contributed by atoms with van der Waals surface area (Å²) in [6, 6.07) is 9.28. The maximum absolute atomic E-state index is 11.8. The highest BCUT2D eigenvalue weighted by Gasteiger charge is 2.04. The number of benzene rings is 1. The van der Waals surface area contributed by atoms with Crippen LogP contribution in [0.1, 0.15) is 5.56 Å². The molecule has 1 aromatic carbocycles. The van der Waals surface area contributed by atoms with E-state index in [0.717, 1.165) is 10.0 Å². The number of amides is 1. The molecule has 1 aromatic heterocycles. The molecule has 22 heavy (non-hydrogen) atoms. The van der Waals surface area contributed by atoms with Gasteiger partial charge in [-0.15, -0.1) is 0 Å². The van der Waals surface area contributed by atoms with Crippen molar-refractivity contribution in [2.75, 3.05) is 18.4 Å². The van der Waals surface area contributed by atoms with Crippen LogP contribution in [0.25, 0.3) is 0 Å². The molecule has 0 unspecified atom stereocenters. The molecule has 0 aliphatic carbocycles. The second-order valence-electron chi connectivity index (χ2n) is 4.56. The molecule has 0 saturated heterocycles. The number of rotatable bonds is 6. The zero-order valence-electron chi connectivity index (χ0n) is 11.6. The summed E-state index contributed by atoms with van der Waals surface area (Å²) in [5, 5.41) is 6.82. The van der Waals surface area contributed by atoms with E-state index in [1.807, 2.05) is 24.3 Å². The van der Waals surface area contributed by atoms with Gasteiger partial charge in [-0.1, -0.05) is 51.3 Å². The molecule has 0 atom stereocenters. The van der Waals surface area contributed by atoms with Gasteiger partial charge in [-0.25, -0.2) is 4.98 Å². The molecule has 0 aliphatic rings. The van der Waals surface area contributed by atoms with Gasteiger partial charge in [0.15, 0.2) is 0 Å². The van der Waals surface area contributed by atoms with Gasteiger partial charge in [0.2, 0.25) is 5.91 Å². The lowest BCUT2D eigenvalue weighted by Crippen LogP contribution is -2.30. The molecule has 1 amide bonds. The average molecular weight is 403 g/mol. The van der Waals surface area contributed by atoms with Crippen LogP contribution in [-0.2, 0) is 11.2 Å². The van der Waals surface area contributed by atoms with Crippen LogP contribution >= 0.6 is 39.1 Å². The van der Waals surface area contributed by atoms with Crippen LogP contribution < -0.4 is 10.6 Å². The fourth-order valence-corrected chi connectivity index (χ4v) is 2.49. The van der Waals surface area contributed by atoms with E-state index in [9.17, 15) is 4.79 Å². The molecular formula is C15H14BrCl2N3O. The van der Waals surface area contributed by atoms with Gasteiger partial charge in [-0.3, -0.25) is 4.79 Å². The molecule has 2 N–H and O–H groups in total. The number of halogens is 3. The van der Waals surface area contributed by atoms with Crippen LogP contribution in [0.4, 0.5) is 5.82 Å². The third-order valence-corrected chi connectivity index (χ3v) is 3.85. The Balaban J connectivity index is 1.72. The van der Waals surface area contributed by atoms with Crippen molar-refractivity contribution < 1.29 is 4.79 Å². The molecule has 2 aromatic rings. The smallest absolute Gasteiger partial charge is 0.224 e. The molecule has 116 valence electrons. The molecule has 0 aliphatic heterocycles. The zero-order chi connectivity index (χ0) is 15.9. The fourth-order valence-electron chi connectivity index (χ4n) is 1.78. The highest BCUT2D eigenvalue weighted by Crippen LogP contribution is 2.21. The molecule has 0 spiro atoms. The first kappa shape index (κ1) is 17.1. The van der Waals surface area contributed by atoms with Crippen LogP contribution in [0.5, 0.6) is 0 Å². The number of nitrogens with one attached hydrogen (secondary N) is 2. The SMILES string of the molecule is O=C(Cc1ccc(Br)cc1)NCCNc1ncc(Cl)cc1Cl. The maximum atomic E-state index is 11.8. The monoisotopic (exact) mass is 401 g/mol. The summed E-state index contributed by atoms with van der Waals surface area (Å²) >= 11 is 15.1. The maximum Gasteiger partial charge on any atom is 0.224 e. The van der Waals surface area contributed by atoms with Gasteiger partial charge < -0.3 is 10.6 Å². The highest BCUT2D eigenvalue weighted by atomic mass is 79.9. The van der Waals surface area contributed by atoms with E-state index >= 15 is 0 Å². The predicted molar refractivity (Wildman–Crippen MR) is 93.6 cm³/mol. The van der Waals surface area contributed by atoms with E-state index in [4.69, 9.17) is 23.2 Å². The summed E-state index contributed by atoms with van der Waals surface area (Å²) < 4.78 is 0.994. The average Bonchev–Trinajstić information content (AvgIpc) is 2.48. The lowest BCUT2D eigenvalue weighted by atomic mass is 10.1. The van der Waals surface area contributed by atoms with Crippen LogP contribution in [0.3, 0.4) is 0 Å². The summed E-state index contributed by atoms with van der Waals surface area (Å²) in [4.78, 5) is 15.9. The third-order valence-electron chi connectivity index (χ3n) is 2.83. The summed E-state index contributed by atoms with van der Waals surface area (Å²) in [6.07, 6.45) is 1.87. The Morgan fingerprint density at radius 2 is 1.91 bits per heavy atom. The van der Waals surface area contributed by atoms with Crippen molar-refractivity contribution in [3.05, 3.63) is 56.6 Å². The number of hydrogen-bond donors (Lipinski definition) is 2. The van der Waals surface area contributed by atoms with Crippen molar-refractivity contribution in [1.82, 2.24) is 10.3 Å². The van der Waals surface area contributed by atoms with Gasteiger partial charge in [-0.05, 0) is 23.8 Å². The van der Waals surface area contributed by atoms with E-state index in [-0.39, 0.29) is 5.91 Å². The highest BCUT2D eigenvalue weighted by molar-refractivity contribution is 9.10. The van der Waals surface area contributed by atoms with Crippen LogP contribution in [0.2, 0.25) is 10.0 Å². The van der Waals surface area contributed by atoms with Gasteiger partial charge in [-0.2, -0.15) is 0 Å². The number of hydrogen-bond acceptors (Lipinski definition) is 3. The van der Waals surface area contributed by atoms with E-state index in [1.165, 1.54) is 6.20 Å². The molecule has 7 heteroatoms. The quantitative estimate of drug-likeness (QED) is 0.720. The van der Waals surface area contributed by atoms with Gasteiger partial charge in [0.05, 0.1) is 16.5 Å². The largest absolute Gasteiger partial charge is 0.367 e. The van der Waals surface area contributed by atoms with Crippen LogP contribution in [0, 0.1) is 0 Å². The molecular weight excluding hydrogens is 389 g/mol. The van der Waals surface area contributed by atoms with E-state index < -0.39 is 0 Å². The van der Waals surface area contributed by atoms with E-state index in [2.05, 4.69) is 31.5 Å². The zero-order valence-corrected chi connectivity index (χ0v) is 14.7. The van der Waals surface area contributed by atoms with Crippen molar-refractivity contribution in [3.8, 4) is 0 Å². The molecule has 2 rings (SSSR count). The Kier molecular flexibility index (Phi) is 6.49. The Labute approximate surface area is 147 Å². The third kappa shape index (κ3) is 5.48. The Bertz CT molecular complexity index is 650. The van der Waals surface area contributed by atoms with Gasteiger partial charge in [0.25, 0.3) is 0 Å². The number of pyridine rings is 1. The lowest BCUT2D eigenvalue weighted by Gasteiger charge is -2.09. The first-order valence-corrected chi connectivity index (χ1v) is 8.15. The molecule has 0 fully saturated rings. The summed E-state index contributed by atoms with van der Waals surface area (Å²) in [5.74, 6) is 0.521. The van der Waals surface area contributed by atoms with Crippen molar-refractivity contribution in [3.63, 3.8) is 0 Å².